The minimum Gasteiger partial charge on any atom is -0.387 e. The summed E-state index contributed by atoms with van der Waals surface area (Å²) in [5.41, 5.74) is 3.19. The lowest BCUT2D eigenvalue weighted by atomic mass is 9.96. The Kier molecular flexibility index (Phi) is 5.02. The summed E-state index contributed by atoms with van der Waals surface area (Å²) in [4.78, 5) is 16.0. The molecule has 1 amide bonds. The Hall–Kier alpha value is -1.39. The second kappa shape index (κ2) is 7.02. The Morgan fingerprint density at radius 2 is 2.17 bits per heavy atom. The molecule has 23 heavy (non-hydrogen) atoms. The van der Waals surface area contributed by atoms with Gasteiger partial charge in [-0.3, -0.25) is 4.79 Å². The summed E-state index contributed by atoms with van der Waals surface area (Å²) in [6.07, 6.45) is 4.06. The number of hydrogen-bond acceptors (Lipinski definition) is 3. The number of carbonyl (C=O) groups is 1. The van der Waals surface area contributed by atoms with Crippen molar-refractivity contribution in [2.45, 2.75) is 45.6 Å². The molecule has 0 aromatic heterocycles. The predicted octanol–water partition coefficient (Wildman–Crippen LogP) is 2.75. The smallest absolute Gasteiger partial charge is 0.223 e. The molecule has 0 unspecified atom stereocenters. The van der Waals surface area contributed by atoms with Crippen molar-refractivity contribution in [1.82, 2.24) is 4.90 Å². The molecule has 4 heteroatoms. The molecule has 1 fully saturated rings. The number of fused-ring (bicyclic) bond motifs is 1. The molecule has 0 spiro atoms. The SMILES string of the molecule is CC(=O)N1CCCc2cc([C@H](O)CN3CCC[C@H](C)C3)ccc21. The first-order valence-corrected chi connectivity index (χ1v) is 8.86. The van der Waals surface area contributed by atoms with Gasteiger partial charge in [0.05, 0.1) is 6.10 Å². The maximum atomic E-state index is 11.7. The van der Waals surface area contributed by atoms with Gasteiger partial charge in [0.1, 0.15) is 0 Å². The molecule has 1 saturated heterocycles. The summed E-state index contributed by atoms with van der Waals surface area (Å²) in [5.74, 6) is 0.824. The normalized spacial score (nSPS) is 23.4. The van der Waals surface area contributed by atoms with Crippen molar-refractivity contribution < 1.29 is 9.90 Å². The zero-order valence-electron chi connectivity index (χ0n) is 14.3. The third-order valence-corrected chi connectivity index (χ3v) is 5.16. The molecule has 1 aromatic carbocycles. The number of anilines is 1. The molecule has 3 rings (SSSR count). The van der Waals surface area contributed by atoms with Gasteiger partial charge in [-0.05, 0) is 55.3 Å². The first-order valence-electron chi connectivity index (χ1n) is 8.86. The maximum absolute atomic E-state index is 11.7. The van der Waals surface area contributed by atoms with E-state index in [0.29, 0.717) is 6.54 Å². The molecule has 2 aliphatic heterocycles. The molecule has 0 saturated carbocycles. The number of hydrogen-bond donors (Lipinski definition) is 1. The van der Waals surface area contributed by atoms with Gasteiger partial charge < -0.3 is 14.9 Å². The van der Waals surface area contributed by atoms with Crippen LogP contribution in [0.2, 0.25) is 0 Å². The molecule has 0 bridgehead atoms. The summed E-state index contributed by atoms with van der Waals surface area (Å²) in [6, 6.07) is 6.09. The Balaban J connectivity index is 1.72. The number of aliphatic hydroxyl groups is 1. The second-order valence-electron chi connectivity index (χ2n) is 7.19. The van der Waals surface area contributed by atoms with Crippen molar-refractivity contribution in [3.8, 4) is 0 Å². The maximum Gasteiger partial charge on any atom is 0.223 e. The lowest BCUT2D eigenvalue weighted by Gasteiger charge is -2.33. The lowest BCUT2D eigenvalue weighted by molar-refractivity contribution is -0.116. The van der Waals surface area contributed by atoms with Crippen molar-refractivity contribution in [2.75, 3.05) is 31.1 Å². The largest absolute Gasteiger partial charge is 0.387 e. The van der Waals surface area contributed by atoms with Crippen LogP contribution in [0.25, 0.3) is 0 Å². The van der Waals surface area contributed by atoms with Crippen LogP contribution in [0.15, 0.2) is 18.2 Å². The van der Waals surface area contributed by atoms with Gasteiger partial charge in [-0.25, -0.2) is 0 Å². The van der Waals surface area contributed by atoms with Crippen LogP contribution in [-0.2, 0) is 11.2 Å². The molecule has 126 valence electrons. The number of rotatable bonds is 3. The van der Waals surface area contributed by atoms with Crippen LogP contribution in [-0.4, -0.2) is 42.1 Å². The minimum absolute atomic E-state index is 0.0987. The number of carbonyl (C=O) groups excluding carboxylic acids is 1. The van der Waals surface area contributed by atoms with Crippen LogP contribution < -0.4 is 4.90 Å². The summed E-state index contributed by atoms with van der Waals surface area (Å²) < 4.78 is 0. The Bertz CT molecular complexity index is 572. The van der Waals surface area contributed by atoms with Crippen molar-refractivity contribution in [2.24, 2.45) is 5.92 Å². The molecule has 4 nitrogen and oxygen atoms in total. The monoisotopic (exact) mass is 316 g/mol. The first-order chi connectivity index (χ1) is 11.0. The van der Waals surface area contributed by atoms with Gasteiger partial charge >= 0.3 is 0 Å². The van der Waals surface area contributed by atoms with Crippen LogP contribution in [0.5, 0.6) is 0 Å². The molecule has 2 aliphatic rings. The standard InChI is InChI=1S/C19H28N2O2/c1-14-5-3-9-20(12-14)13-19(23)17-7-8-18-16(11-17)6-4-10-21(18)15(2)22/h7-8,11,14,19,23H,3-6,9-10,12-13H2,1-2H3/t14-,19+/m0/s1. The van der Waals surface area contributed by atoms with Gasteiger partial charge in [-0.15, -0.1) is 0 Å². The fourth-order valence-corrected chi connectivity index (χ4v) is 3.95. The topological polar surface area (TPSA) is 43.8 Å². The van der Waals surface area contributed by atoms with Crippen LogP contribution >= 0.6 is 0 Å². The number of β-amino-alcohol motifs (C(OH)–C–C–N with tert-alkyl or cyclic N) is 1. The van der Waals surface area contributed by atoms with E-state index in [9.17, 15) is 9.90 Å². The van der Waals surface area contributed by atoms with Crippen molar-refractivity contribution in [1.29, 1.82) is 0 Å². The van der Waals surface area contributed by atoms with E-state index in [-0.39, 0.29) is 5.91 Å². The molecule has 0 aliphatic carbocycles. The quantitative estimate of drug-likeness (QED) is 0.932. The Labute approximate surface area is 139 Å². The van der Waals surface area contributed by atoms with Crippen LogP contribution in [0.3, 0.4) is 0 Å². The fourth-order valence-electron chi connectivity index (χ4n) is 3.95. The van der Waals surface area contributed by atoms with E-state index in [1.54, 1.807) is 6.92 Å². The number of aryl methyl sites for hydroxylation is 1. The highest BCUT2D eigenvalue weighted by Gasteiger charge is 2.23. The minimum atomic E-state index is -0.446. The van der Waals surface area contributed by atoms with E-state index in [1.807, 2.05) is 17.0 Å². The first kappa shape index (κ1) is 16.5. The van der Waals surface area contributed by atoms with Crippen molar-refractivity contribution in [3.63, 3.8) is 0 Å². The van der Waals surface area contributed by atoms with Gasteiger partial charge in [0.25, 0.3) is 0 Å². The van der Waals surface area contributed by atoms with E-state index in [2.05, 4.69) is 17.9 Å². The highest BCUT2D eigenvalue weighted by Crippen LogP contribution is 2.30. The molecule has 1 N–H and O–H groups in total. The number of aliphatic hydroxyl groups excluding tert-OH is 1. The predicted molar refractivity (Wildman–Crippen MR) is 92.6 cm³/mol. The zero-order valence-corrected chi connectivity index (χ0v) is 14.3. The Morgan fingerprint density at radius 1 is 1.35 bits per heavy atom. The molecule has 0 radical (unpaired) electrons. The number of nitrogens with zero attached hydrogens (tertiary/aromatic N) is 2. The van der Waals surface area contributed by atoms with Crippen molar-refractivity contribution in [3.05, 3.63) is 29.3 Å². The average molecular weight is 316 g/mol. The van der Waals surface area contributed by atoms with Crippen molar-refractivity contribution >= 4 is 11.6 Å². The van der Waals surface area contributed by atoms with Gasteiger partial charge in [-0.1, -0.05) is 19.1 Å². The molecule has 2 heterocycles. The van der Waals surface area contributed by atoms with Crippen LogP contribution in [0, 0.1) is 5.92 Å². The Morgan fingerprint density at radius 3 is 2.91 bits per heavy atom. The zero-order chi connectivity index (χ0) is 16.4. The van der Waals surface area contributed by atoms with Crippen LogP contribution in [0.4, 0.5) is 5.69 Å². The molecule has 1 aromatic rings. The summed E-state index contributed by atoms with van der Waals surface area (Å²) in [6.45, 7) is 7.59. The highest BCUT2D eigenvalue weighted by molar-refractivity contribution is 5.92. The number of piperidine rings is 1. The average Bonchev–Trinajstić information content (AvgIpc) is 2.53. The number of benzene rings is 1. The molecule has 2 atom stereocenters. The highest BCUT2D eigenvalue weighted by atomic mass is 16.3. The second-order valence-corrected chi connectivity index (χ2v) is 7.19. The summed E-state index contributed by atoms with van der Waals surface area (Å²) in [5, 5.41) is 10.6. The lowest BCUT2D eigenvalue weighted by Crippen LogP contribution is -2.37. The third kappa shape index (κ3) is 3.75. The summed E-state index contributed by atoms with van der Waals surface area (Å²) in [7, 11) is 0. The fraction of sp³-hybridized carbons (Fsp3) is 0.632. The third-order valence-electron chi connectivity index (χ3n) is 5.16. The van der Waals surface area contributed by atoms with Gasteiger partial charge in [0, 0.05) is 32.2 Å². The van der Waals surface area contributed by atoms with E-state index in [1.165, 1.54) is 18.4 Å². The molecular formula is C19H28N2O2. The van der Waals surface area contributed by atoms with E-state index in [0.717, 1.165) is 49.6 Å². The van der Waals surface area contributed by atoms with Gasteiger partial charge in [0.2, 0.25) is 5.91 Å². The van der Waals surface area contributed by atoms with E-state index in [4.69, 9.17) is 0 Å². The molecular weight excluding hydrogens is 288 g/mol. The van der Waals surface area contributed by atoms with Crippen LogP contribution in [0.1, 0.15) is 50.3 Å². The summed E-state index contributed by atoms with van der Waals surface area (Å²) >= 11 is 0. The number of amides is 1. The van der Waals surface area contributed by atoms with Gasteiger partial charge in [-0.2, -0.15) is 0 Å². The van der Waals surface area contributed by atoms with Gasteiger partial charge in [0.15, 0.2) is 0 Å². The van der Waals surface area contributed by atoms with E-state index < -0.39 is 6.10 Å². The number of likely N-dealkylation sites (tertiary alicyclic amines) is 1. The van der Waals surface area contributed by atoms with E-state index >= 15 is 0 Å².